The van der Waals surface area contributed by atoms with Crippen molar-refractivity contribution in [2.75, 3.05) is 11.1 Å². The molecule has 0 spiro atoms. The van der Waals surface area contributed by atoms with Crippen molar-refractivity contribution in [2.24, 2.45) is 0 Å². The zero-order chi connectivity index (χ0) is 18.2. The highest BCUT2D eigenvalue weighted by atomic mass is 32.2. The molecule has 0 bridgehead atoms. The van der Waals surface area contributed by atoms with Gasteiger partial charge in [0, 0.05) is 12.2 Å². The Labute approximate surface area is 155 Å². The lowest BCUT2D eigenvalue weighted by atomic mass is 10.2. The van der Waals surface area contributed by atoms with Crippen LogP contribution in [0.5, 0.6) is 5.75 Å². The number of aromatic nitrogens is 4. The third kappa shape index (κ3) is 5.06. The van der Waals surface area contributed by atoms with E-state index in [1.165, 1.54) is 11.8 Å². The molecule has 7 nitrogen and oxygen atoms in total. The number of carbonyl (C=O) groups excluding carboxylic acids is 1. The fraction of sp³-hybridized carbons (Fsp3) is 0.222. The summed E-state index contributed by atoms with van der Waals surface area (Å²) in [5.74, 6) is 0.883. The van der Waals surface area contributed by atoms with E-state index >= 15 is 0 Å². The Kier molecular flexibility index (Phi) is 6.21. The average Bonchev–Trinajstić information content (AvgIpc) is 3.14. The second kappa shape index (κ2) is 9.00. The molecule has 134 valence electrons. The number of amides is 1. The van der Waals surface area contributed by atoms with E-state index in [0.29, 0.717) is 18.3 Å². The minimum atomic E-state index is -0.112. The Morgan fingerprint density at radius 1 is 1.15 bits per heavy atom. The maximum Gasteiger partial charge on any atom is 0.234 e. The maximum atomic E-state index is 12.1. The van der Waals surface area contributed by atoms with Crippen molar-refractivity contribution in [1.29, 1.82) is 0 Å². The highest BCUT2D eigenvalue weighted by Crippen LogP contribution is 2.18. The number of hydrogen-bond acceptors (Lipinski definition) is 6. The minimum Gasteiger partial charge on any atom is -0.489 e. The molecule has 0 aliphatic carbocycles. The number of hydrogen-bond donors (Lipinski definition) is 1. The largest absolute Gasteiger partial charge is 0.489 e. The van der Waals surface area contributed by atoms with Crippen molar-refractivity contribution in [2.45, 2.75) is 25.2 Å². The molecule has 1 amide bonds. The van der Waals surface area contributed by atoms with Gasteiger partial charge in [0.25, 0.3) is 0 Å². The third-order valence-corrected chi connectivity index (χ3v) is 4.47. The lowest BCUT2D eigenvalue weighted by Gasteiger charge is -2.08. The van der Waals surface area contributed by atoms with Crippen molar-refractivity contribution < 1.29 is 9.53 Å². The summed E-state index contributed by atoms with van der Waals surface area (Å²) in [6.45, 7) is 3.12. The number of nitrogens with zero attached hydrogens (tertiary/aromatic N) is 4. The van der Waals surface area contributed by atoms with Crippen molar-refractivity contribution in [3.63, 3.8) is 0 Å². The summed E-state index contributed by atoms with van der Waals surface area (Å²) < 4.78 is 7.38. The fourth-order valence-corrected chi connectivity index (χ4v) is 2.94. The number of thioether (sulfide) groups is 1. The minimum absolute atomic E-state index is 0.112. The van der Waals surface area contributed by atoms with Crippen LogP contribution < -0.4 is 10.1 Å². The topological polar surface area (TPSA) is 81.9 Å². The van der Waals surface area contributed by atoms with E-state index in [0.717, 1.165) is 17.0 Å². The number of nitrogens with one attached hydrogen (secondary N) is 1. The Bertz CT molecular complexity index is 836. The predicted molar refractivity (Wildman–Crippen MR) is 100 cm³/mol. The lowest BCUT2D eigenvalue weighted by molar-refractivity contribution is -0.113. The Balaban J connectivity index is 1.46. The van der Waals surface area contributed by atoms with Crippen molar-refractivity contribution in [1.82, 2.24) is 20.2 Å². The highest BCUT2D eigenvalue weighted by molar-refractivity contribution is 7.99. The summed E-state index contributed by atoms with van der Waals surface area (Å²) in [6.07, 6.45) is 0. The number of ether oxygens (including phenoxy) is 1. The molecule has 1 aromatic heterocycles. The summed E-state index contributed by atoms with van der Waals surface area (Å²) in [6, 6.07) is 17.3. The fourth-order valence-electron chi connectivity index (χ4n) is 2.20. The molecule has 0 atom stereocenters. The van der Waals surface area contributed by atoms with Gasteiger partial charge in [-0.3, -0.25) is 4.79 Å². The van der Waals surface area contributed by atoms with Gasteiger partial charge in [-0.25, -0.2) is 4.68 Å². The van der Waals surface area contributed by atoms with Gasteiger partial charge in [0.1, 0.15) is 12.4 Å². The number of benzene rings is 2. The van der Waals surface area contributed by atoms with Gasteiger partial charge in [0.2, 0.25) is 11.1 Å². The standard InChI is InChI=1S/C18H19N5O2S/c1-2-23-18(20-21-22-23)26-13-17(24)19-15-8-10-16(11-9-15)25-12-14-6-4-3-5-7-14/h3-11H,2,12-13H2,1H3,(H,19,24). The van der Waals surface area contributed by atoms with E-state index in [1.807, 2.05) is 61.5 Å². The second-order valence-corrected chi connectivity index (χ2v) is 6.36. The first-order chi connectivity index (χ1) is 12.7. The summed E-state index contributed by atoms with van der Waals surface area (Å²) in [5, 5.41) is 14.8. The molecular formula is C18H19N5O2S. The van der Waals surface area contributed by atoms with E-state index in [-0.39, 0.29) is 11.7 Å². The number of rotatable bonds is 8. The monoisotopic (exact) mass is 369 g/mol. The molecule has 0 saturated carbocycles. The molecule has 26 heavy (non-hydrogen) atoms. The van der Waals surface area contributed by atoms with Gasteiger partial charge in [-0.2, -0.15) is 0 Å². The van der Waals surface area contributed by atoms with Crippen LogP contribution >= 0.6 is 11.8 Å². The van der Waals surface area contributed by atoms with Gasteiger partial charge in [-0.1, -0.05) is 42.1 Å². The van der Waals surface area contributed by atoms with Crippen LogP contribution in [-0.2, 0) is 17.9 Å². The molecule has 1 heterocycles. The van der Waals surface area contributed by atoms with E-state index in [2.05, 4.69) is 20.8 Å². The molecule has 8 heteroatoms. The zero-order valence-electron chi connectivity index (χ0n) is 14.3. The first-order valence-corrected chi connectivity index (χ1v) is 9.19. The van der Waals surface area contributed by atoms with Crippen molar-refractivity contribution in [3.8, 4) is 5.75 Å². The maximum absolute atomic E-state index is 12.1. The quantitative estimate of drug-likeness (QED) is 0.615. The van der Waals surface area contributed by atoms with Gasteiger partial charge >= 0.3 is 0 Å². The van der Waals surface area contributed by atoms with E-state index < -0.39 is 0 Å². The Morgan fingerprint density at radius 2 is 1.92 bits per heavy atom. The van der Waals surface area contributed by atoms with Gasteiger partial charge in [0.05, 0.1) is 5.75 Å². The Morgan fingerprint density at radius 3 is 2.65 bits per heavy atom. The normalized spacial score (nSPS) is 10.5. The molecular weight excluding hydrogens is 350 g/mol. The molecule has 3 rings (SSSR count). The lowest BCUT2D eigenvalue weighted by Crippen LogP contribution is -2.14. The number of aryl methyl sites for hydroxylation is 1. The van der Waals surface area contributed by atoms with Crippen LogP contribution in [0.25, 0.3) is 0 Å². The number of carbonyl (C=O) groups is 1. The summed E-state index contributed by atoms with van der Waals surface area (Å²) in [5.41, 5.74) is 1.83. The van der Waals surface area contributed by atoms with Crippen LogP contribution in [0.4, 0.5) is 5.69 Å². The molecule has 0 unspecified atom stereocenters. The van der Waals surface area contributed by atoms with Crippen LogP contribution in [0.15, 0.2) is 59.8 Å². The summed E-state index contributed by atoms with van der Waals surface area (Å²) in [4.78, 5) is 12.1. The van der Waals surface area contributed by atoms with E-state index in [4.69, 9.17) is 4.74 Å². The van der Waals surface area contributed by atoms with Crippen molar-refractivity contribution >= 4 is 23.4 Å². The van der Waals surface area contributed by atoms with Gasteiger partial charge in [-0.05, 0) is 47.2 Å². The number of anilines is 1. The van der Waals surface area contributed by atoms with Crippen LogP contribution in [0.2, 0.25) is 0 Å². The molecule has 0 radical (unpaired) electrons. The first kappa shape index (κ1) is 17.9. The first-order valence-electron chi connectivity index (χ1n) is 8.20. The van der Waals surface area contributed by atoms with Gasteiger partial charge < -0.3 is 10.1 Å². The average molecular weight is 369 g/mol. The molecule has 2 aromatic carbocycles. The predicted octanol–water partition coefficient (Wildman–Crippen LogP) is 3.00. The summed E-state index contributed by atoms with van der Waals surface area (Å²) in [7, 11) is 0. The van der Waals surface area contributed by atoms with Gasteiger partial charge in [-0.15, -0.1) is 5.10 Å². The van der Waals surface area contributed by atoms with Crippen LogP contribution in [0.3, 0.4) is 0 Å². The van der Waals surface area contributed by atoms with Gasteiger partial charge in [0.15, 0.2) is 0 Å². The third-order valence-electron chi connectivity index (χ3n) is 3.52. The van der Waals surface area contributed by atoms with E-state index in [9.17, 15) is 4.79 Å². The number of tetrazole rings is 1. The Hall–Kier alpha value is -2.87. The second-order valence-electron chi connectivity index (χ2n) is 5.41. The van der Waals surface area contributed by atoms with Crippen LogP contribution in [-0.4, -0.2) is 31.9 Å². The van der Waals surface area contributed by atoms with Crippen LogP contribution in [0.1, 0.15) is 12.5 Å². The zero-order valence-corrected chi connectivity index (χ0v) is 15.1. The van der Waals surface area contributed by atoms with E-state index in [1.54, 1.807) is 4.68 Å². The molecule has 0 fully saturated rings. The molecule has 0 saturated heterocycles. The molecule has 0 aliphatic heterocycles. The molecule has 0 aliphatic rings. The van der Waals surface area contributed by atoms with Crippen molar-refractivity contribution in [3.05, 3.63) is 60.2 Å². The smallest absolute Gasteiger partial charge is 0.234 e. The highest BCUT2D eigenvalue weighted by Gasteiger charge is 2.09. The molecule has 1 N–H and O–H groups in total. The SMILES string of the molecule is CCn1nnnc1SCC(=O)Nc1ccc(OCc2ccccc2)cc1. The summed E-state index contributed by atoms with van der Waals surface area (Å²) >= 11 is 1.30. The molecule has 3 aromatic rings. The van der Waals surface area contributed by atoms with Crippen LogP contribution in [0, 0.1) is 0 Å².